The number of hydrogen-bond donors (Lipinski definition) is 1. The van der Waals surface area contributed by atoms with Crippen molar-refractivity contribution in [3.05, 3.63) is 63.2 Å². The SMILES string of the molecule is C[C@]12CCC(=O)N[C@@H]1CCc1cc(-c3ccc(C(F)(F)F)cc3[N+](=O)[O-])ccc12. The molecular formula is C21H19F3N2O3. The van der Waals surface area contributed by atoms with Crippen LogP contribution in [0.15, 0.2) is 36.4 Å². The first-order valence-corrected chi connectivity index (χ1v) is 9.38. The molecule has 152 valence electrons. The number of nitro benzene ring substituents is 1. The lowest BCUT2D eigenvalue weighted by Crippen LogP contribution is -2.55. The molecule has 0 spiro atoms. The molecule has 1 N–H and O–H groups in total. The van der Waals surface area contributed by atoms with Crippen LogP contribution in [0.4, 0.5) is 18.9 Å². The van der Waals surface area contributed by atoms with Gasteiger partial charge in [0.25, 0.3) is 5.69 Å². The molecule has 0 radical (unpaired) electrons. The third kappa shape index (κ3) is 3.26. The average molecular weight is 404 g/mol. The lowest BCUT2D eigenvalue weighted by molar-refractivity contribution is -0.384. The van der Waals surface area contributed by atoms with E-state index in [2.05, 4.69) is 12.2 Å². The summed E-state index contributed by atoms with van der Waals surface area (Å²) in [5, 5.41) is 14.5. The number of amides is 1. The number of aryl methyl sites for hydroxylation is 1. The molecule has 2 aromatic carbocycles. The molecule has 29 heavy (non-hydrogen) atoms. The fraction of sp³-hybridized carbons (Fsp3) is 0.381. The summed E-state index contributed by atoms with van der Waals surface area (Å²) in [6, 6.07) is 8.12. The molecular weight excluding hydrogens is 385 g/mol. The predicted octanol–water partition coefficient (Wildman–Crippen LogP) is 4.76. The molecule has 0 aromatic heterocycles. The van der Waals surface area contributed by atoms with Crippen LogP contribution in [0.3, 0.4) is 0 Å². The standard InChI is InChI=1S/C21H19F3N2O3/c1-20-9-8-19(27)25-18(20)7-3-13-10-12(2-6-16(13)20)15-5-4-14(21(22,23)24)11-17(15)26(28)29/h2,4-6,10-11,18H,3,7-9H2,1H3,(H,25,27)/t18-,20-/m1/s1. The molecule has 8 heteroatoms. The Kier molecular flexibility index (Phi) is 4.40. The zero-order valence-electron chi connectivity index (χ0n) is 15.7. The number of nitro groups is 1. The van der Waals surface area contributed by atoms with Gasteiger partial charge in [-0.2, -0.15) is 13.2 Å². The molecule has 1 heterocycles. The number of fused-ring (bicyclic) bond motifs is 3. The van der Waals surface area contributed by atoms with Crippen LogP contribution < -0.4 is 5.32 Å². The van der Waals surface area contributed by atoms with Crippen LogP contribution in [0, 0.1) is 10.1 Å². The number of alkyl halides is 3. The Morgan fingerprint density at radius 1 is 1.17 bits per heavy atom. The second-order valence-electron chi connectivity index (χ2n) is 7.93. The summed E-state index contributed by atoms with van der Waals surface area (Å²) in [7, 11) is 0. The third-order valence-corrected chi connectivity index (χ3v) is 6.23. The summed E-state index contributed by atoms with van der Waals surface area (Å²) >= 11 is 0. The molecule has 5 nitrogen and oxygen atoms in total. The molecule has 1 saturated heterocycles. The van der Waals surface area contributed by atoms with Crippen LogP contribution in [0.25, 0.3) is 11.1 Å². The zero-order chi connectivity index (χ0) is 21.0. The number of halogens is 3. The highest BCUT2D eigenvalue weighted by molar-refractivity contribution is 5.79. The molecule has 2 atom stereocenters. The van der Waals surface area contributed by atoms with E-state index in [0.717, 1.165) is 36.1 Å². The molecule has 2 aromatic rings. The first-order valence-electron chi connectivity index (χ1n) is 9.38. The molecule has 0 saturated carbocycles. The van der Waals surface area contributed by atoms with Crippen molar-refractivity contribution in [2.45, 2.75) is 50.2 Å². The maximum Gasteiger partial charge on any atom is 0.416 e. The van der Waals surface area contributed by atoms with Gasteiger partial charge in [-0.15, -0.1) is 0 Å². The van der Waals surface area contributed by atoms with Crippen molar-refractivity contribution in [1.82, 2.24) is 5.32 Å². The van der Waals surface area contributed by atoms with Gasteiger partial charge in [0.2, 0.25) is 5.91 Å². The summed E-state index contributed by atoms with van der Waals surface area (Å²) < 4.78 is 38.9. The number of piperidine rings is 1. The Bertz CT molecular complexity index is 1020. The lowest BCUT2D eigenvalue weighted by Gasteiger charge is -2.46. The maximum absolute atomic E-state index is 13.0. The van der Waals surface area contributed by atoms with Crippen LogP contribution >= 0.6 is 0 Å². The highest BCUT2D eigenvalue weighted by Crippen LogP contribution is 2.45. The van der Waals surface area contributed by atoms with Crippen LogP contribution in [0.1, 0.15) is 42.9 Å². The number of rotatable bonds is 2. The fourth-order valence-corrected chi connectivity index (χ4v) is 4.61. The van der Waals surface area contributed by atoms with E-state index >= 15 is 0 Å². The van der Waals surface area contributed by atoms with E-state index in [-0.39, 0.29) is 22.9 Å². The van der Waals surface area contributed by atoms with Gasteiger partial charge in [0, 0.05) is 23.9 Å². The van der Waals surface area contributed by atoms with Gasteiger partial charge in [-0.25, -0.2) is 0 Å². The van der Waals surface area contributed by atoms with Gasteiger partial charge in [-0.05, 0) is 48.1 Å². The predicted molar refractivity (Wildman–Crippen MR) is 100 cm³/mol. The normalized spacial score (nSPS) is 23.7. The Balaban J connectivity index is 1.77. The number of nitrogens with zero attached hydrogens (tertiary/aromatic N) is 1. The number of nitrogens with one attached hydrogen (secondary N) is 1. The van der Waals surface area contributed by atoms with Gasteiger partial charge in [0.1, 0.15) is 0 Å². The maximum atomic E-state index is 13.0. The summed E-state index contributed by atoms with van der Waals surface area (Å²) in [6.07, 6.45) is -2.03. The molecule has 2 aliphatic rings. The van der Waals surface area contributed by atoms with Gasteiger partial charge in [0.15, 0.2) is 0 Å². The number of carbonyl (C=O) groups is 1. The van der Waals surface area contributed by atoms with Gasteiger partial charge in [-0.3, -0.25) is 14.9 Å². The highest BCUT2D eigenvalue weighted by Gasteiger charge is 2.44. The van der Waals surface area contributed by atoms with E-state index in [4.69, 9.17) is 0 Å². The van der Waals surface area contributed by atoms with Gasteiger partial charge < -0.3 is 5.32 Å². The minimum Gasteiger partial charge on any atom is -0.352 e. The largest absolute Gasteiger partial charge is 0.416 e. The Morgan fingerprint density at radius 2 is 1.93 bits per heavy atom. The molecule has 0 bridgehead atoms. The van der Waals surface area contributed by atoms with Gasteiger partial charge >= 0.3 is 6.18 Å². The summed E-state index contributed by atoms with van der Waals surface area (Å²) in [4.78, 5) is 22.4. The fourth-order valence-electron chi connectivity index (χ4n) is 4.61. The lowest BCUT2D eigenvalue weighted by atomic mass is 9.64. The second kappa shape index (κ2) is 6.57. The van der Waals surface area contributed by atoms with Crippen molar-refractivity contribution in [1.29, 1.82) is 0 Å². The van der Waals surface area contributed by atoms with Crippen molar-refractivity contribution in [3.63, 3.8) is 0 Å². The topological polar surface area (TPSA) is 72.2 Å². The van der Waals surface area contributed by atoms with Crippen molar-refractivity contribution in [2.24, 2.45) is 0 Å². The Hall–Kier alpha value is -2.90. The smallest absolute Gasteiger partial charge is 0.352 e. The summed E-state index contributed by atoms with van der Waals surface area (Å²) in [6.45, 7) is 2.11. The van der Waals surface area contributed by atoms with Crippen molar-refractivity contribution < 1.29 is 22.9 Å². The van der Waals surface area contributed by atoms with Gasteiger partial charge in [0.05, 0.1) is 16.1 Å². The van der Waals surface area contributed by atoms with Crippen LogP contribution in [-0.2, 0) is 22.8 Å². The van der Waals surface area contributed by atoms with E-state index in [1.165, 1.54) is 0 Å². The summed E-state index contributed by atoms with van der Waals surface area (Å²) in [5.41, 5.74) is 0.968. The monoisotopic (exact) mass is 404 g/mol. The van der Waals surface area contributed by atoms with Crippen molar-refractivity contribution >= 4 is 11.6 Å². The van der Waals surface area contributed by atoms with Crippen molar-refractivity contribution in [3.8, 4) is 11.1 Å². The molecule has 1 aliphatic carbocycles. The van der Waals surface area contributed by atoms with Crippen LogP contribution in [0.2, 0.25) is 0 Å². The van der Waals surface area contributed by atoms with E-state index in [1.807, 2.05) is 12.1 Å². The van der Waals surface area contributed by atoms with Crippen LogP contribution in [-0.4, -0.2) is 16.9 Å². The molecule has 1 aliphatic heterocycles. The molecule has 1 fully saturated rings. The number of hydrogen-bond acceptors (Lipinski definition) is 3. The highest BCUT2D eigenvalue weighted by atomic mass is 19.4. The second-order valence-corrected chi connectivity index (χ2v) is 7.93. The first kappa shape index (κ1) is 19.4. The Labute approximate surface area is 165 Å². The quantitative estimate of drug-likeness (QED) is 0.579. The third-order valence-electron chi connectivity index (χ3n) is 6.23. The number of benzene rings is 2. The molecule has 1 amide bonds. The molecule has 0 unspecified atom stereocenters. The first-order chi connectivity index (χ1) is 13.6. The average Bonchev–Trinajstić information content (AvgIpc) is 2.67. The molecule has 4 rings (SSSR count). The zero-order valence-corrected chi connectivity index (χ0v) is 15.7. The minimum absolute atomic E-state index is 0.0440. The van der Waals surface area contributed by atoms with Crippen molar-refractivity contribution in [2.75, 3.05) is 0 Å². The summed E-state index contributed by atoms with van der Waals surface area (Å²) in [5.74, 6) is 0.0490. The number of carbonyl (C=O) groups excluding carboxylic acids is 1. The van der Waals surface area contributed by atoms with E-state index in [9.17, 15) is 28.1 Å². The Morgan fingerprint density at radius 3 is 2.62 bits per heavy atom. The van der Waals surface area contributed by atoms with Gasteiger partial charge in [-0.1, -0.05) is 25.1 Å². The minimum atomic E-state index is -4.64. The van der Waals surface area contributed by atoms with E-state index < -0.39 is 22.4 Å². The van der Waals surface area contributed by atoms with Crippen LogP contribution in [0.5, 0.6) is 0 Å². The van der Waals surface area contributed by atoms with E-state index in [1.54, 1.807) is 6.07 Å². The van der Waals surface area contributed by atoms with E-state index in [0.29, 0.717) is 24.5 Å².